The highest BCUT2D eigenvalue weighted by molar-refractivity contribution is 14.1. The molecule has 19 heteroatoms. The summed E-state index contributed by atoms with van der Waals surface area (Å²) >= 11 is 1.92. The van der Waals surface area contributed by atoms with Gasteiger partial charge in [-0.25, -0.2) is 9.55 Å². The maximum Gasteiger partial charge on any atom is 0.459 e. The van der Waals surface area contributed by atoms with E-state index in [9.17, 15) is 19.6 Å². The van der Waals surface area contributed by atoms with E-state index in [0.29, 0.717) is 40.8 Å². The van der Waals surface area contributed by atoms with E-state index in [0.717, 1.165) is 0 Å². The van der Waals surface area contributed by atoms with Gasteiger partial charge in [0.25, 0.3) is 0 Å². The second-order valence-corrected chi connectivity index (χ2v) is 14.2. The molecule has 2 aliphatic heterocycles. The number of fused-ring (bicyclic) bond motifs is 2. The highest BCUT2D eigenvalue weighted by atomic mass is 127. The average molecular weight is 800 g/mol. The minimum atomic E-state index is -4.39. The molecule has 5 heterocycles. The van der Waals surface area contributed by atoms with Gasteiger partial charge < -0.3 is 39.4 Å². The zero-order chi connectivity index (χ0) is 34.2. The summed E-state index contributed by atoms with van der Waals surface area (Å²) in [5.41, 5.74) is 5.11. The topological polar surface area (TPSA) is 225 Å². The summed E-state index contributed by atoms with van der Waals surface area (Å²) in [5, 5.41) is 26.1. The highest BCUT2D eigenvalue weighted by Gasteiger charge is 2.55. The molecule has 6 atom stereocenters. The van der Waals surface area contributed by atoms with E-state index in [2.05, 4.69) is 25.0 Å². The van der Waals surface area contributed by atoms with Gasteiger partial charge in [-0.15, -0.1) is 0 Å². The molecule has 4 aromatic rings. The van der Waals surface area contributed by atoms with Crippen molar-refractivity contribution in [1.82, 2.24) is 29.6 Å². The van der Waals surface area contributed by atoms with Crippen LogP contribution in [0.25, 0.3) is 22.1 Å². The van der Waals surface area contributed by atoms with Crippen molar-refractivity contribution in [2.24, 2.45) is 0 Å². The molecule has 0 radical (unpaired) electrons. The van der Waals surface area contributed by atoms with Gasteiger partial charge in [0, 0.05) is 47.0 Å². The van der Waals surface area contributed by atoms with Crippen LogP contribution in [0.4, 0.5) is 5.95 Å². The molecule has 0 spiro atoms. The number of carbonyl (C=O) groups is 1. The summed E-state index contributed by atoms with van der Waals surface area (Å²) < 4.78 is 50.2. The predicted octanol–water partition coefficient (Wildman–Crippen LogP) is 2.48. The van der Waals surface area contributed by atoms with Gasteiger partial charge in [0.2, 0.25) is 11.8 Å². The van der Waals surface area contributed by atoms with Gasteiger partial charge in [0.05, 0.1) is 32.4 Å². The van der Waals surface area contributed by atoms with Crippen molar-refractivity contribution < 1.29 is 47.6 Å². The van der Waals surface area contributed by atoms with Crippen molar-refractivity contribution in [3.8, 4) is 11.6 Å². The molecule has 2 fully saturated rings. The smallest absolute Gasteiger partial charge is 0.459 e. The Kier molecular flexibility index (Phi) is 10.1. The Morgan fingerprint density at radius 1 is 1.27 bits per heavy atom. The number of hydrogen-bond donors (Lipinski definition) is 4. The Bertz CT molecular complexity index is 1860. The fourth-order valence-electron chi connectivity index (χ4n) is 5.50. The van der Waals surface area contributed by atoms with Gasteiger partial charge in [-0.3, -0.25) is 18.9 Å². The number of benzene rings is 1. The zero-order valence-corrected chi connectivity index (χ0v) is 29.2. The number of anilines is 1. The number of methoxy groups -OCH3 is 1. The van der Waals surface area contributed by atoms with Crippen LogP contribution >= 0.6 is 30.3 Å². The molecular weight excluding hydrogens is 764 g/mol. The van der Waals surface area contributed by atoms with Crippen LogP contribution in [0, 0.1) is 3.83 Å². The van der Waals surface area contributed by atoms with Gasteiger partial charge in [0.1, 0.15) is 35.7 Å². The number of nitrogen functional groups attached to an aromatic ring is 1. The fourth-order valence-corrected chi connectivity index (χ4v) is 7.72. The Morgan fingerprint density at radius 3 is 2.79 bits per heavy atom. The quantitative estimate of drug-likeness (QED) is 0.0740. The predicted molar refractivity (Wildman–Crippen MR) is 178 cm³/mol. The van der Waals surface area contributed by atoms with Crippen molar-refractivity contribution in [2.45, 2.75) is 62.9 Å². The summed E-state index contributed by atoms with van der Waals surface area (Å²) in [5.74, 6) is -0.478. The average Bonchev–Trinajstić information content (AvgIpc) is 3.50. The molecule has 2 saturated heterocycles. The summed E-state index contributed by atoms with van der Waals surface area (Å²) in [6.07, 6.45) is -1.63. The van der Waals surface area contributed by atoms with Gasteiger partial charge >= 0.3 is 13.7 Å². The molecule has 2 aliphatic rings. The molecule has 2 unspecified atom stereocenters. The van der Waals surface area contributed by atoms with E-state index in [4.69, 9.17) is 33.7 Å². The van der Waals surface area contributed by atoms with E-state index >= 15 is 0 Å². The summed E-state index contributed by atoms with van der Waals surface area (Å²) in [4.78, 5) is 30.0. The van der Waals surface area contributed by atoms with Crippen LogP contribution in [0.5, 0.6) is 11.6 Å². The van der Waals surface area contributed by atoms with Crippen LogP contribution in [-0.2, 0) is 28.1 Å². The lowest BCUT2D eigenvalue weighted by atomic mass is 9.96. The number of aliphatic hydroxyl groups excluding tert-OH is 1. The van der Waals surface area contributed by atoms with E-state index in [1.54, 1.807) is 30.5 Å². The molecule has 0 saturated carbocycles. The largest absolute Gasteiger partial charge is 0.479 e. The first-order valence-corrected chi connectivity index (χ1v) is 17.7. The van der Waals surface area contributed by atoms with Crippen molar-refractivity contribution in [3.05, 3.63) is 40.4 Å². The number of nitrogens with one attached hydrogen (secondary N) is 1. The first kappa shape index (κ1) is 34.6. The molecule has 0 aliphatic carbocycles. The van der Waals surface area contributed by atoms with E-state index in [-0.39, 0.29) is 34.8 Å². The number of aliphatic hydroxyl groups is 2. The Balaban J connectivity index is 1.24. The molecule has 6 rings (SSSR count). The van der Waals surface area contributed by atoms with Crippen molar-refractivity contribution in [2.75, 3.05) is 32.7 Å². The van der Waals surface area contributed by atoms with Crippen LogP contribution in [0.1, 0.15) is 32.9 Å². The summed E-state index contributed by atoms with van der Waals surface area (Å²) in [7, 11) is -2.99. The lowest BCUT2D eigenvalue weighted by Crippen LogP contribution is -2.45. The van der Waals surface area contributed by atoms with Crippen molar-refractivity contribution in [1.29, 1.82) is 0 Å². The number of carbonyl (C=O) groups excluding carboxylic acids is 1. The third-order valence-corrected chi connectivity index (χ3v) is 10.4. The van der Waals surface area contributed by atoms with E-state index in [1.807, 2.05) is 28.7 Å². The lowest BCUT2D eigenvalue weighted by Gasteiger charge is -2.28. The number of pyridine rings is 1. The second-order valence-electron chi connectivity index (χ2n) is 11.6. The summed E-state index contributed by atoms with van der Waals surface area (Å²) in [6, 6.07) is 7.31. The summed E-state index contributed by atoms with van der Waals surface area (Å²) in [6.45, 7) is 3.26. The Labute approximate surface area is 288 Å². The number of nitrogens with zero attached hydrogens (tertiary/aromatic N) is 5. The number of esters is 1. The SMILES string of the molecule is COc1nc(N)nc2c1nc(I)n2C1O[C@H](COP(=O)(N[C@@H](C)C(=O)OC2CCOCC2)Oc2ccc3ncccc3c2)[C@@H](O)[C@@]1(C)O. The third-order valence-electron chi connectivity index (χ3n) is 8.03. The Morgan fingerprint density at radius 2 is 2.04 bits per heavy atom. The molecule has 1 aromatic carbocycles. The molecule has 3 aromatic heterocycles. The third kappa shape index (κ3) is 7.07. The standard InChI is InChI=1S/C29H35IN7O10P/c1-15(25(39)45-17-8-11-43-12-9-17)36-48(41,47-18-6-7-19-16(13-18)5-4-10-32-19)44-14-20-22(38)29(2,40)26(46-20)37-23-21(33-27(37)30)24(42-3)35-28(31)34-23/h4-7,10,13,15,17,20,22,26,38,40H,8-9,11-12,14H2,1-3H3,(H,36,41)(H2,31,34,35)/t15-,20+,22+,26?,29+,48?/m0/s1. The van der Waals surface area contributed by atoms with Crippen LogP contribution in [0.15, 0.2) is 36.5 Å². The number of hydrogen-bond acceptors (Lipinski definition) is 15. The maximum atomic E-state index is 14.3. The van der Waals surface area contributed by atoms with Crippen molar-refractivity contribution in [3.63, 3.8) is 0 Å². The molecule has 17 nitrogen and oxygen atoms in total. The van der Waals surface area contributed by atoms with Gasteiger partial charge in [-0.2, -0.15) is 15.1 Å². The number of aromatic nitrogens is 5. The Hall–Kier alpha value is -3.23. The fraction of sp³-hybridized carbons (Fsp3) is 0.483. The molecular formula is C29H35IN7O10P. The second kappa shape index (κ2) is 13.9. The molecule has 0 bridgehead atoms. The molecule has 0 amide bonds. The molecule has 258 valence electrons. The first-order chi connectivity index (χ1) is 22.9. The monoisotopic (exact) mass is 799 g/mol. The van der Waals surface area contributed by atoms with Gasteiger partial charge in [-0.05, 0) is 38.1 Å². The van der Waals surface area contributed by atoms with Crippen LogP contribution in [0.2, 0.25) is 0 Å². The molecule has 48 heavy (non-hydrogen) atoms. The first-order valence-electron chi connectivity index (χ1n) is 15.0. The van der Waals surface area contributed by atoms with Crippen LogP contribution in [0.3, 0.4) is 0 Å². The number of ether oxygens (including phenoxy) is 4. The molecule has 5 N–H and O–H groups in total. The highest BCUT2D eigenvalue weighted by Crippen LogP contribution is 2.48. The van der Waals surface area contributed by atoms with Crippen LogP contribution < -0.4 is 20.1 Å². The minimum Gasteiger partial charge on any atom is -0.479 e. The van der Waals surface area contributed by atoms with Crippen LogP contribution in [-0.4, -0.2) is 97.6 Å². The van der Waals surface area contributed by atoms with E-state index < -0.39 is 50.4 Å². The normalized spacial score (nSPS) is 25.2. The lowest BCUT2D eigenvalue weighted by molar-refractivity contribution is -0.154. The minimum absolute atomic E-state index is 0.104. The number of halogens is 1. The number of imidazole rings is 1. The van der Waals surface area contributed by atoms with Gasteiger partial charge in [-0.1, -0.05) is 6.07 Å². The maximum absolute atomic E-state index is 14.3. The number of rotatable bonds is 11. The zero-order valence-electron chi connectivity index (χ0n) is 26.2. The van der Waals surface area contributed by atoms with Gasteiger partial charge in [0.15, 0.2) is 21.2 Å². The van der Waals surface area contributed by atoms with E-state index in [1.165, 1.54) is 25.5 Å². The van der Waals surface area contributed by atoms with Crippen molar-refractivity contribution >= 4 is 64.3 Å². The number of nitrogens with two attached hydrogens (primary N) is 1.